The summed E-state index contributed by atoms with van der Waals surface area (Å²) in [4.78, 5) is 12.6. The van der Waals surface area contributed by atoms with E-state index in [0.29, 0.717) is 24.3 Å². The summed E-state index contributed by atoms with van der Waals surface area (Å²) in [6.45, 7) is 0. The third-order valence-corrected chi connectivity index (χ3v) is 4.82. The van der Waals surface area contributed by atoms with Gasteiger partial charge in [0, 0.05) is 16.3 Å². The van der Waals surface area contributed by atoms with Crippen LogP contribution in [0.3, 0.4) is 0 Å². The summed E-state index contributed by atoms with van der Waals surface area (Å²) >= 11 is 5.74. The zero-order valence-electron chi connectivity index (χ0n) is 12.7. The van der Waals surface area contributed by atoms with Gasteiger partial charge in [-0.1, -0.05) is 24.4 Å². The number of carbonyl (C=O) groups excluding carboxylic acids is 1. The van der Waals surface area contributed by atoms with Crippen molar-refractivity contribution in [2.75, 3.05) is 0 Å². The molecule has 1 amide bonds. The van der Waals surface area contributed by atoms with Gasteiger partial charge in [0.25, 0.3) is 11.6 Å². The van der Waals surface area contributed by atoms with Crippen molar-refractivity contribution < 1.29 is 23.1 Å². The molecule has 1 aliphatic heterocycles. The maximum Gasteiger partial charge on any atom is 0.439 e. The van der Waals surface area contributed by atoms with Crippen molar-refractivity contribution in [3.05, 3.63) is 34.9 Å². The van der Waals surface area contributed by atoms with E-state index in [2.05, 4.69) is 5.10 Å². The smallest absolute Gasteiger partial charge is 0.362 e. The summed E-state index contributed by atoms with van der Waals surface area (Å²) in [5, 5.41) is 15.0. The lowest BCUT2D eigenvalue weighted by molar-refractivity contribution is -0.312. The number of fused-ring (bicyclic) bond motifs is 1. The molecule has 2 atom stereocenters. The van der Waals surface area contributed by atoms with Gasteiger partial charge >= 0.3 is 6.18 Å². The molecular weight excluding hydrogens is 345 g/mol. The molecule has 0 spiro atoms. The minimum atomic E-state index is -5.00. The number of benzene rings is 1. The third kappa shape index (κ3) is 2.69. The summed E-state index contributed by atoms with van der Waals surface area (Å²) in [5.74, 6) is -2.21. The van der Waals surface area contributed by atoms with E-state index in [4.69, 9.17) is 11.6 Å². The van der Waals surface area contributed by atoms with Crippen LogP contribution in [0.1, 0.15) is 42.5 Å². The molecule has 2 unspecified atom stereocenters. The molecule has 1 saturated carbocycles. The first-order valence-corrected chi connectivity index (χ1v) is 8.09. The molecule has 130 valence electrons. The average Bonchev–Trinajstić information content (AvgIpc) is 2.68. The summed E-state index contributed by atoms with van der Waals surface area (Å²) < 4.78 is 41.1. The van der Waals surface area contributed by atoms with E-state index in [1.807, 2.05) is 0 Å². The number of amides is 1. The highest BCUT2D eigenvalue weighted by Gasteiger charge is 2.68. The largest absolute Gasteiger partial charge is 0.439 e. The minimum absolute atomic E-state index is 0.0112. The molecule has 0 bridgehead atoms. The van der Waals surface area contributed by atoms with Crippen LogP contribution < -0.4 is 0 Å². The van der Waals surface area contributed by atoms with Crippen molar-refractivity contribution >= 4 is 23.2 Å². The van der Waals surface area contributed by atoms with E-state index in [0.717, 1.165) is 6.42 Å². The fourth-order valence-electron chi connectivity index (χ4n) is 3.31. The zero-order valence-corrected chi connectivity index (χ0v) is 13.4. The molecule has 3 rings (SSSR count). The van der Waals surface area contributed by atoms with Gasteiger partial charge in [0.15, 0.2) is 0 Å². The van der Waals surface area contributed by atoms with Gasteiger partial charge in [-0.2, -0.15) is 23.3 Å². The molecule has 0 radical (unpaired) electrons. The summed E-state index contributed by atoms with van der Waals surface area (Å²) in [7, 11) is 0. The minimum Gasteiger partial charge on any atom is -0.362 e. The number of alkyl halides is 3. The summed E-state index contributed by atoms with van der Waals surface area (Å²) in [6.07, 6.45) is -2.45. The fourth-order valence-corrected chi connectivity index (χ4v) is 3.44. The van der Waals surface area contributed by atoms with Gasteiger partial charge < -0.3 is 5.11 Å². The van der Waals surface area contributed by atoms with E-state index >= 15 is 0 Å². The molecule has 24 heavy (non-hydrogen) atoms. The predicted octanol–water partition coefficient (Wildman–Crippen LogP) is 3.98. The van der Waals surface area contributed by atoms with Crippen LogP contribution in [-0.2, 0) is 0 Å². The number of carbonyl (C=O) groups is 1. The number of hydrogen-bond acceptors (Lipinski definition) is 3. The Bertz CT molecular complexity index is 675. The van der Waals surface area contributed by atoms with Gasteiger partial charge in [0.1, 0.15) is 0 Å². The van der Waals surface area contributed by atoms with Gasteiger partial charge in [-0.3, -0.25) is 4.79 Å². The lowest BCUT2D eigenvalue weighted by Gasteiger charge is -2.37. The second-order valence-corrected chi connectivity index (χ2v) is 6.53. The Morgan fingerprint density at radius 1 is 1.25 bits per heavy atom. The van der Waals surface area contributed by atoms with Crippen LogP contribution in [0.4, 0.5) is 13.2 Å². The molecule has 0 saturated heterocycles. The molecule has 1 aliphatic carbocycles. The number of nitrogens with zero attached hydrogens (tertiary/aromatic N) is 2. The molecule has 1 fully saturated rings. The lowest BCUT2D eigenvalue weighted by Crippen LogP contribution is -2.61. The Morgan fingerprint density at radius 2 is 1.92 bits per heavy atom. The van der Waals surface area contributed by atoms with Crippen LogP contribution in [0.15, 0.2) is 29.4 Å². The number of halogens is 4. The monoisotopic (exact) mass is 360 g/mol. The molecule has 8 heteroatoms. The SMILES string of the molecule is O=C(c1ccc(Cl)cc1)N1N=C2CCCCCC2C1(O)C(F)(F)F. The summed E-state index contributed by atoms with van der Waals surface area (Å²) in [5.41, 5.74) is -3.07. The standard InChI is InChI=1S/C16H16ClF3N2O2/c17-11-8-6-10(7-9-11)14(23)22-15(24,16(18,19)20)12-4-2-1-3-5-13(12)21-22/h6-9,12,24H,1-5H2. The molecular formula is C16H16ClF3N2O2. The van der Waals surface area contributed by atoms with Crippen LogP contribution in [-0.4, -0.2) is 33.6 Å². The second-order valence-electron chi connectivity index (χ2n) is 6.09. The van der Waals surface area contributed by atoms with E-state index in [1.165, 1.54) is 24.3 Å². The topological polar surface area (TPSA) is 52.9 Å². The van der Waals surface area contributed by atoms with E-state index in [9.17, 15) is 23.1 Å². The fraction of sp³-hybridized carbons (Fsp3) is 0.500. The molecule has 2 aliphatic rings. The highest BCUT2D eigenvalue weighted by atomic mass is 35.5. The van der Waals surface area contributed by atoms with Gasteiger partial charge in [0.2, 0.25) is 0 Å². The number of rotatable bonds is 1. The second kappa shape index (κ2) is 6.04. The predicted molar refractivity (Wildman–Crippen MR) is 82.6 cm³/mol. The normalized spacial score (nSPS) is 27.5. The Labute approximate surface area is 141 Å². The van der Waals surface area contributed by atoms with Crippen molar-refractivity contribution in [1.82, 2.24) is 5.01 Å². The zero-order chi connectivity index (χ0) is 17.5. The third-order valence-electron chi connectivity index (χ3n) is 4.57. The lowest BCUT2D eigenvalue weighted by atomic mass is 9.87. The van der Waals surface area contributed by atoms with Gasteiger partial charge in [-0.25, -0.2) is 0 Å². The summed E-state index contributed by atoms with van der Waals surface area (Å²) in [6, 6.07) is 5.44. The van der Waals surface area contributed by atoms with Crippen molar-refractivity contribution in [3.8, 4) is 0 Å². The Hall–Kier alpha value is -1.60. The Kier molecular flexibility index (Phi) is 4.34. The molecule has 1 aromatic rings. The number of hydrazone groups is 1. The number of hydrogen-bond donors (Lipinski definition) is 1. The highest BCUT2D eigenvalue weighted by molar-refractivity contribution is 6.30. The van der Waals surface area contributed by atoms with Crippen molar-refractivity contribution in [2.24, 2.45) is 11.0 Å². The van der Waals surface area contributed by atoms with Crippen molar-refractivity contribution in [2.45, 2.75) is 44.0 Å². The molecule has 1 heterocycles. The van der Waals surface area contributed by atoms with E-state index < -0.39 is 23.7 Å². The quantitative estimate of drug-likeness (QED) is 0.823. The maximum absolute atomic E-state index is 13.7. The van der Waals surface area contributed by atoms with Gasteiger partial charge in [-0.05, 0) is 43.5 Å². The Morgan fingerprint density at radius 3 is 2.54 bits per heavy atom. The molecule has 0 aromatic heterocycles. The maximum atomic E-state index is 13.7. The first-order chi connectivity index (χ1) is 11.2. The average molecular weight is 361 g/mol. The highest BCUT2D eigenvalue weighted by Crippen LogP contribution is 2.48. The molecule has 1 N–H and O–H groups in total. The van der Waals surface area contributed by atoms with Crippen molar-refractivity contribution in [1.29, 1.82) is 0 Å². The number of aliphatic hydroxyl groups is 1. The van der Waals surface area contributed by atoms with Crippen LogP contribution in [0.5, 0.6) is 0 Å². The molecule has 1 aromatic carbocycles. The van der Waals surface area contributed by atoms with Crippen molar-refractivity contribution in [3.63, 3.8) is 0 Å². The van der Waals surface area contributed by atoms with Crippen LogP contribution in [0.25, 0.3) is 0 Å². The van der Waals surface area contributed by atoms with Crippen LogP contribution in [0, 0.1) is 5.92 Å². The molecule has 4 nitrogen and oxygen atoms in total. The first-order valence-electron chi connectivity index (χ1n) is 7.71. The van der Waals surface area contributed by atoms with Crippen LogP contribution >= 0.6 is 11.6 Å². The van der Waals surface area contributed by atoms with Crippen LogP contribution in [0.2, 0.25) is 5.02 Å². The van der Waals surface area contributed by atoms with E-state index in [1.54, 1.807) is 0 Å². The first kappa shape index (κ1) is 17.2. The van der Waals surface area contributed by atoms with E-state index in [-0.39, 0.29) is 22.7 Å². The Balaban J connectivity index is 2.03. The van der Waals surface area contributed by atoms with Gasteiger partial charge in [0.05, 0.1) is 5.92 Å². The van der Waals surface area contributed by atoms with Gasteiger partial charge in [-0.15, -0.1) is 0 Å².